The molecule has 1 saturated carbocycles. The summed E-state index contributed by atoms with van der Waals surface area (Å²) in [6.07, 6.45) is 4.63. The quantitative estimate of drug-likeness (QED) is 0.861. The third-order valence-corrected chi connectivity index (χ3v) is 3.79. The summed E-state index contributed by atoms with van der Waals surface area (Å²) >= 11 is 1.46. The first kappa shape index (κ1) is 11.6. The van der Waals surface area contributed by atoms with Crippen LogP contribution in [0.15, 0.2) is 10.9 Å². The van der Waals surface area contributed by atoms with E-state index < -0.39 is 0 Å². The van der Waals surface area contributed by atoms with Crippen LogP contribution in [0.1, 0.15) is 50.0 Å². The number of hydrogen-bond acceptors (Lipinski definition) is 3. The summed E-state index contributed by atoms with van der Waals surface area (Å²) < 4.78 is 0. The van der Waals surface area contributed by atoms with Crippen LogP contribution < -0.4 is 5.32 Å². The molecule has 2 rings (SSSR count). The van der Waals surface area contributed by atoms with Crippen molar-refractivity contribution in [1.82, 2.24) is 10.3 Å². The van der Waals surface area contributed by atoms with Gasteiger partial charge < -0.3 is 5.32 Å². The minimum absolute atomic E-state index is 0.0241. The Labute approximate surface area is 100 Å². The first-order valence-electron chi connectivity index (χ1n) is 5.76. The van der Waals surface area contributed by atoms with Crippen LogP contribution in [0.25, 0.3) is 0 Å². The van der Waals surface area contributed by atoms with Gasteiger partial charge >= 0.3 is 0 Å². The fourth-order valence-electron chi connectivity index (χ4n) is 2.41. The third kappa shape index (κ3) is 2.82. The maximum atomic E-state index is 11.8. The molecule has 0 aromatic carbocycles. The van der Waals surface area contributed by atoms with Crippen molar-refractivity contribution in [3.8, 4) is 0 Å². The summed E-state index contributed by atoms with van der Waals surface area (Å²) in [5, 5.41) is 4.88. The maximum absolute atomic E-state index is 11.8. The molecule has 1 aromatic rings. The van der Waals surface area contributed by atoms with Crippen molar-refractivity contribution in [2.24, 2.45) is 5.41 Å². The Kier molecular flexibility index (Phi) is 3.28. The van der Waals surface area contributed by atoms with Crippen LogP contribution in [0.5, 0.6) is 0 Å². The zero-order valence-corrected chi connectivity index (χ0v) is 10.6. The van der Waals surface area contributed by atoms with Crippen LogP contribution in [0.2, 0.25) is 0 Å². The van der Waals surface area contributed by atoms with Crippen LogP contribution in [-0.4, -0.2) is 16.9 Å². The molecule has 4 heteroatoms. The van der Waals surface area contributed by atoms with E-state index in [2.05, 4.69) is 24.1 Å². The second-order valence-corrected chi connectivity index (χ2v) is 6.02. The molecule has 0 saturated heterocycles. The Hall–Kier alpha value is -0.900. The second kappa shape index (κ2) is 4.53. The molecule has 1 N–H and O–H groups in total. The van der Waals surface area contributed by atoms with Gasteiger partial charge in [0.2, 0.25) is 0 Å². The summed E-state index contributed by atoms with van der Waals surface area (Å²) in [5.41, 5.74) is 2.60. The Morgan fingerprint density at radius 3 is 3.06 bits per heavy atom. The Bertz CT molecular complexity index is 359. The van der Waals surface area contributed by atoms with Gasteiger partial charge in [-0.3, -0.25) is 4.79 Å². The molecule has 0 aliphatic heterocycles. The van der Waals surface area contributed by atoms with E-state index in [1.807, 2.05) is 0 Å². The second-order valence-electron chi connectivity index (χ2n) is 5.30. The minimum Gasteiger partial charge on any atom is -0.348 e. The van der Waals surface area contributed by atoms with Gasteiger partial charge in [0.15, 0.2) is 0 Å². The first-order valence-corrected chi connectivity index (χ1v) is 6.70. The zero-order chi connectivity index (χ0) is 11.6. The molecule has 16 heavy (non-hydrogen) atoms. The van der Waals surface area contributed by atoms with E-state index in [0.717, 1.165) is 12.8 Å². The smallest absolute Gasteiger partial charge is 0.270 e. The van der Waals surface area contributed by atoms with Crippen LogP contribution in [-0.2, 0) is 0 Å². The van der Waals surface area contributed by atoms with Crippen LogP contribution in [0.4, 0.5) is 0 Å². The lowest BCUT2D eigenvalue weighted by atomic mass is 9.75. The highest BCUT2D eigenvalue weighted by molar-refractivity contribution is 7.07. The van der Waals surface area contributed by atoms with Gasteiger partial charge in [0, 0.05) is 11.4 Å². The maximum Gasteiger partial charge on any atom is 0.270 e. The van der Waals surface area contributed by atoms with E-state index in [-0.39, 0.29) is 5.91 Å². The molecule has 0 bridgehead atoms. The molecule has 1 unspecified atom stereocenters. The number of thiazole rings is 1. The lowest BCUT2D eigenvalue weighted by Crippen LogP contribution is -2.40. The normalized spacial score (nSPS) is 24.0. The van der Waals surface area contributed by atoms with Gasteiger partial charge in [0.1, 0.15) is 5.69 Å². The highest BCUT2D eigenvalue weighted by Crippen LogP contribution is 2.35. The van der Waals surface area contributed by atoms with Crippen molar-refractivity contribution < 1.29 is 4.79 Å². The monoisotopic (exact) mass is 238 g/mol. The molecule has 1 aliphatic carbocycles. The van der Waals surface area contributed by atoms with Crippen molar-refractivity contribution in [2.45, 2.75) is 45.6 Å². The molecule has 88 valence electrons. The molecule has 0 spiro atoms. The van der Waals surface area contributed by atoms with Crippen molar-refractivity contribution in [2.75, 3.05) is 0 Å². The van der Waals surface area contributed by atoms with Crippen LogP contribution in [0, 0.1) is 5.41 Å². The summed E-state index contributed by atoms with van der Waals surface area (Å²) in [4.78, 5) is 15.8. The summed E-state index contributed by atoms with van der Waals surface area (Å²) in [7, 11) is 0. The number of carbonyl (C=O) groups is 1. The van der Waals surface area contributed by atoms with E-state index in [1.54, 1.807) is 10.9 Å². The molecule has 1 aromatic heterocycles. The van der Waals surface area contributed by atoms with Gasteiger partial charge in [-0.15, -0.1) is 11.3 Å². The largest absolute Gasteiger partial charge is 0.348 e. The van der Waals surface area contributed by atoms with Gasteiger partial charge in [0.25, 0.3) is 5.91 Å². The zero-order valence-electron chi connectivity index (χ0n) is 9.82. The van der Waals surface area contributed by atoms with Crippen molar-refractivity contribution >= 4 is 17.2 Å². The number of aromatic nitrogens is 1. The SMILES string of the molecule is CC1(C)CCCC(NC(=O)c2cscn2)C1. The highest BCUT2D eigenvalue weighted by Gasteiger charge is 2.29. The highest BCUT2D eigenvalue weighted by atomic mass is 32.1. The van der Waals surface area contributed by atoms with Gasteiger partial charge in [-0.05, 0) is 24.7 Å². The minimum atomic E-state index is -0.0241. The van der Waals surface area contributed by atoms with Crippen LogP contribution >= 0.6 is 11.3 Å². The standard InChI is InChI=1S/C12H18N2OS/c1-12(2)5-3-4-9(6-12)14-11(15)10-7-16-8-13-10/h7-9H,3-6H2,1-2H3,(H,14,15). The average Bonchev–Trinajstić information content (AvgIpc) is 2.68. The fourth-order valence-corrected chi connectivity index (χ4v) is 2.94. The molecule has 1 fully saturated rings. The molecular weight excluding hydrogens is 220 g/mol. The number of nitrogens with zero attached hydrogens (tertiary/aromatic N) is 1. The first-order chi connectivity index (χ1) is 7.57. The fraction of sp³-hybridized carbons (Fsp3) is 0.667. The lowest BCUT2D eigenvalue weighted by Gasteiger charge is -2.35. The average molecular weight is 238 g/mol. The summed E-state index contributed by atoms with van der Waals surface area (Å²) in [6.45, 7) is 4.54. The van der Waals surface area contributed by atoms with Crippen molar-refractivity contribution in [1.29, 1.82) is 0 Å². The molecule has 3 nitrogen and oxygen atoms in total. The molecular formula is C12H18N2OS. The van der Waals surface area contributed by atoms with Crippen molar-refractivity contribution in [3.05, 3.63) is 16.6 Å². The topological polar surface area (TPSA) is 42.0 Å². The van der Waals surface area contributed by atoms with Gasteiger partial charge in [-0.2, -0.15) is 0 Å². The number of amides is 1. The van der Waals surface area contributed by atoms with Gasteiger partial charge in [-0.25, -0.2) is 4.98 Å². The number of carbonyl (C=O) groups excluding carboxylic acids is 1. The lowest BCUT2D eigenvalue weighted by molar-refractivity contribution is 0.0898. The van der Waals surface area contributed by atoms with Gasteiger partial charge in [0.05, 0.1) is 5.51 Å². The Balaban J connectivity index is 1.92. The predicted octanol–water partition coefficient (Wildman–Crippen LogP) is 2.84. The van der Waals surface area contributed by atoms with E-state index in [4.69, 9.17) is 0 Å². The van der Waals surface area contributed by atoms with Crippen LogP contribution in [0.3, 0.4) is 0 Å². The molecule has 0 radical (unpaired) electrons. The van der Waals surface area contributed by atoms with Crippen molar-refractivity contribution in [3.63, 3.8) is 0 Å². The number of nitrogens with one attached hydrogen (secondary N) is 1. The van der Waals surface area contributed by atoms with E-state index in [9.17, 15) is 4.79 Å². The molecule has 1 heterocycles. The third-order valence-electron chi connectivity index (χ3n) is 3.21. The van der Waals surface area contributed by atoms with Gasteiger partial charge in [-0.1, -0.05) is 20.3 Å². The van der Waals surface area contributed by atoms with E-state index >= 15 is 0 Å². The Morgan fingerprint density at radius 1 is 1.62 bits per heavy atom. The molecule has 1 aliphatic rings. The van der Waals surface area contributed by atoms with E-state index in [1.165, 1.54) is 24.2 Å². The Morgan fingerprint density at radius 2 is 2.44 bits per heavy atom. The summed E-state index contributed by atoms with van der Waals surface area (Å²) in [6, 6.07) is 0.318. The predicted molar refractivity (Wildman–Crippen MR) is 65.6 cm³/mol. The molecule has 1 atom stereocenters. The molecule has 1 amide bonds. The number of rotatable bonds is 2. The van der Waals surface area contributed by atoms with E-state index in [0.29, 0.717) is 17.2 Å². The number of hydrogen-bond donors (Lipinski definition) is 1. The summed E-state index contributed by atoms with van der Waals surface area (Å²) in [5.74, 6) is -0.0241.